The zero-order chi connectivity index (χ0) is 21.3. The number of nitrogens with zero attached hydrogens (tertiary/aromatic N) is 3. The third-order valence-electron chi connectivity index (χ3n) is 5.71. The maximum atomic E-state index is 13.5. The van der Waals surface area contributed by atoms with E-state index < -0.39 is 5.41 Å². The molecule has 3 aromatic rings. The smallest absolute Gasteiger partial charge is 0.270 e. The second kappa shape index (κ2) is 7.98. The fourth-order valence-corrected chi connectivity index (χ4v) is 4.07. The normalized spacial score (nSPS) is 14.9. The summed E-state index contributed by atoms with van der Waals surface area (Å²) >= 11 is 0. The second-order valence-corrected chi connectivity index (χ2v) is 8.99. The van der Waals surface area contributed by atoms with Crippen LogP contribution in [0.4, 0.5) is 0 Å². The van der Waals surface area contributed by atoms with E-state index in [2.05, 4.69) is 22.8 Å². The Morgan fingerprint density at radius 3 is 2.10 bits per heavy atom. The van der Waals surface area contributed by atoms with Gasteiger partial charge in [-0.1, -0.05) is 69.3 Å². The lowest BCUT2D eigenvalue weighted by atomic mass is 9.94. The van der Waals surface area contributed by atoms with Gasteiger partial charge in [0.05, 0.1) is 0 Å². The first-order valence-corrected chi connectivity index (χ1v) is 10.6. The van der Waals surface area contributed by atoms with E-state index in [0.717, 1.165) is 16.5 Å². The Kier molecular flexibility index (Phi) is 5.37. The van der Waals surface area contributed by atoms with Crippen LogP contribution in [0.2, 0.25) is 0 Å². The molecular weight excluding hydrogens is 374 g/mol. The third kappa shape index (κ3) is 3.97. The number of fused-ring (bicyclic) bond motifs is 1. The number of amides is 2. The van der Waals surface area contributed by atoms with Crippen molar-refractivity contribution in [1.29, 1.82) is 0 Å². The summed E-state index contributed by atoms with van der Waals surface area (Å²) < 4.78 is 2.11. The maximum Gasteiger partial charge on any atom is 0.270 e. The molecule has 4 rings (SSSR count). The minimum absolute atomic E-state index is 0.0324. The first-order chi connectivity index (χ1) is 14.3. The summed E-state index contributed by atoms with van der Waals surface area (Å²) in [7, 11) is 0. The van der Waals surface area contributed by atoms with E-state index in [9.17, 15) is 9.59 Å². The Balaban J connectivity index is 1.58. The molecule has 156 valence electrons. The fraction of sp³-hybridized carbons (Fsp3) is 0.360. The van der Waals surface area contributed by atoms with Gasteiger partial charge in [0.1, 0.15) is 5.69 Å². The lowest BCUT2D eigenvalue weighted by molar-refractivity contribution is -0.140. The molecule has 0 bridgehead atoms. The molecule has 0 atom stereocenters. The second-order valence-electron chi connectivity index (χ2n) is 8.99. The Hall–Kier alpha value is -3.08. The minimum Gasteiger partial charge on any atom is -0.339 e. The van der Waals surface area contributed by atoms with Gasteiger partial charge in [0, 0.05) is 49.0 Å². The van der Waals surface area contributed by atoms with Crippen molar-refractivity contribution in [3.8, 4) is 0 Å². The van der Waals surface area contributed by atoms with Crippen LogP contribution in [0.5, 0.6) is 0 Å². The molecular formula is C25H29N3O2. The van der Waals surface area contributed by atoms with Crippen LogP contribution in [-0.4, -0.2) is 52.4 Å². The first-order valence-electron chi connectivity index (χ1n) is 10.6. The highest BCUT2D eigenvalue weighted by Gasteiger charge is 2.31. The van der Waals surface area contributed by atoms with Crippen molar-refractivity contribution in [2.24, 2.45) is 5.41 Å². The molecule has 5 nitrogen and oxygen atoms in total. The van der Waals surface area contributed by atoms with Crippen molar-refractivity contribution < 1.29 is 9.59 Å². The number of carbonyl (C=O) groups is 2. The molecule has 2 aromatic carbocycles. The van der Waals surface area contributed by atoms with Gasteiger partial charge in [-0.25, -0.2) is 0 Å². The summed E-state index contributed by atoms with van der Waals surface area (Å²) in [4.78, 5) is 29.8. The molecule has 0 unspecified atom stereocenters. The number of benzene rings is 2. The van der Waals surface area contributed by atoms with E-state index in [4.69, 9.17) is 0 Å². The van der Waals surface area contributed by atoms with E-state index in [-0.39, 0.29) is 11.8 Å². The van der Waals surface area contributed by atoms with Gasteiger partial charge in [-0.2, -0.15) is 0 Å². The Labute approximate surface area is 177 Å². The molecule has 1 saturated heterocycles. The Morgan fingerprint density at radius 2 is 1.43 bits per heavy atom. The van der Waals surface area contributed by atoms with Crippen molar-refractivity contribution in [1.82, 2.24) is 14.4 Å². The van der Waals surface area contributed by atoms with E-state index in [1.807, 2.05) is 73.0 Å². The molecule has 1 fully saturated rings. The first kappa shape index (κ1) is 20.2. The predicted octanol–water partition coefficient (Wildman–Crippen LogP) is 4.02. The van der Waals surface area contributed by atoms with Gasteiger partial charge in [-0.3, -0.25) is 9.59 Å². The molecule has 0 saturated carbocycles. The molecule has 1 aliphatic heterocycles. The summed E-state index contributed by atoms with van der Waals surface area (Å²) in [5.74, 6) is 0.178. The molecule has 0 radical (unpaired) electrons. The summed E-state index contributed by atoms with van der Waals surface area (Å²) in [6, 6.07) is 20.3. The number of para-hydroxylation sites is 1. The van der Waals surface area contributed by atoms with E-state index in [1.165, 1.54) is 0 Å². The molecule has 0 N–H and O–H groups in total. The number of carbonyl (C=O) groups excluding carboxylic acids is 2. The van der Waals surface area contributed by atoms with Gasteiger partial charge < -0.3 is 14.4 Å². The monoisotopic (exact) mass is 403 g/mol. The van der Waals surface area contributed by atoms with Crippen LogP contribution in [0.3, 0.4) is 0 Å². The van der Waals surface area contributed by atoms with E-state index in [0.29, 0.717) is 38.4 Å². The molecule has 0 aliphatic carbocycles. The summed E-state index contributed by atoms with van der Waals surface area (Å²) in [5.41, 5.74) is 2.53. The Morgan fingerprint density at radius 1 is 0.833 bits per heavy atom. The number of aromatic nitrogens is 1. The van der Waals surface area contributed by atoms with Gasteiger partial charge in [0.25, 0.3) is 5.91 Å². The average molecular weight is 404 g/mol. The number of hydrogen-bond donors (Lipinski definition) is 0. The van der Waals surface area contributed by atoms with Crippen molar-refractivity contribution in [3.05, 3.63) is 71.9 Å². The van der Waals surface area contributed by atoms with Crippen molar-refractivity contribution in [2.75, 3.05) is 26.2 Å². The van der Waals surface area contributed by atoms with Crippen LogP contribution < -0.4 is 0 Å². The van der Waals surface area contributed by atoms with Crippen molar-refractivity contribution in [3.63, 3.8) is 0 Å². The maximum absolute atomic E-state index is 13.5. The standard InChI is InChI=1S/C25H29N3O2/c1-25(2,3)24(30)27-15-13-26(14-16-27)23(29)22-17-20-11-7-8-12-21(20)28(22)18-19-9-5-4-6-10-19/h4-12,17H,13-16,18H2,1-3H3. The highest BCUT2D eigenvalue weighted by atomic mass is 16.2. The Bertz CT molecular complexity index is 1050. The minimum atomic E-state index is -0.395. The topological polar surface area (TPSA) is 45.6 Å². The zero-order valence-electron chi connectivity index (χ0n) is 18.0. The number of hydrogen-bond acceptors (Lipinski definition) is 2. The zero-order valence-corrected chi connectivity index (χ0v) is 18.0. The van der Waals surface area contributed by atoms with Crippen molar-refractivity contribution in [2.45, 2.75) is 27.3 Å². The summed E-state index contributed by atoms with van der Waals surface area (Å²) in [6.45, 7) is 8.76. The van der Waals surface area contributed by atoms with Crippen LogP contribution in [0.15, 0.2) is 60.7 Å². The van der Waals surface area contributed by atoms with Gasteiger partial charge in [0.2, 0.25) is 5.91 Å². The molecule has 1 aromatic heterocycles. The third-order valence-corrected chi connectivity index (χ3v) is 5.71. The van der Waals surface area contributed by atoms with Crippen LogP contribution in [0, 0.1) is 5.41 Å². The fourth-order valence-electron chi connectivity index (χ4n) is 4.07. The molecule has 1 aliphatic rings. The largest absolute Gasteiger partial charge is 0.339 e. The highest BCUT2D eigenvalue weighted by Crippen LogP contribution is 2.24. The molecule has 0 spiro atoms. The molecule has 30 heavy (non-hydrogen) atoms. The van der Waals surface area contributed by atoms with Gasteiger partial charge in [-0.15, -0.1) is 0 Å². The van der Waals surface area contributed by atoms with Crippen LogP contribution in [0.1, 0.15) is 36.8 Å². The lowest BCUT2D eigenvalue weighted by Crippen LogP contribution is -2.53. The number of rotatable bonds is 3. The van der Waals surface area contributed by atoms with E-state index in [1.54, 1.807) is 0 Å². The predicted molar refractivity (Wildman–Crippen MR) is 119 cm³/mol. The van der Waals surface area contributed by atoms with Gasteiger partial charge >= 0.3 is 0 Å². The van der Waals surface area contributed by atoms with E-state index >= 15 is 0 Å². The van der Waals surface area contributed by atoms with Crippen LogP contribution >= 0.6 is 0 Å². The molecule has 5 heteroatoms. The lowest BCUT2D eigenvalue weighted by Gasteiger charge is -2.37. The molecule has 2 amide bonds. The number of piperazine rings is 1. The SMILES string of the molecule is CC(C)(C)C(=O)N1CCN(C(=O)c2cc3ccccc3n2Cc2ccccc2)CC1. The van der Waals surface area contributed by atoms with Crippen molar-refractivity contribution >= 4 is 22.7 Å². The van der Waals surface area contributed by atoms with Crippen LogP contribution in [0.25, 0.3) is 10.9 Å². The highest BCUT2D eigenvalue weighted by molar-refractivity contribution is 5.99. The quantitative estimate of drug-likeness (QED) is 0.663. The summed E-state index contributed by atoms with van der Waals surface area (Å²) in [6.07, 6.45) is 0. The average Bonchev–Trinajstić information content (AvgIpc) is 3.11. The molecule has 2 heterocycles. The van der Waals surface area contributed by atoms with Gasteiger partial charge in [-0.05, 0) is 17.7 Å². The summed E-state index contributed by atoms with van der Waals surface area (Å²) in [5, 5.41) is 1.07. The van der Waals surface area contributed by atoms with Gasteiger partial charge in [0.15, 0.2) is 0 Å². The van der Waals surface area contributed by atoms with Crippen LogP contribution in [-0.2, 0) is 11.3 Å².